The molecule has 2 rings (SSSR count). The summed E-state index contributed by atoms with van der Waals surface area (Å²) in [6.07, 6.45) is 0.845. The summed E-state index contributed by atoms with van der Waals surface area (Å²) in [5, 5.41) is 7.89. The average molecular weight is 571 g/mol. The molecule has 0 saturated carbocycles. The van der Waals surface area contributed by atoms with Crippen LogP contribution in [0.15, 0.2) is 54.6 Å². The van der Waals surface area contributed by atoms with Gasteiger partial charge in [-0.3, -0.25) is 34.8 Å². The highest BCUT2D eigenvalue weighted by atomic mass is 19.1. The number of para-hydroxylation sites is 1. The number of hydrogen-bond donors (Lipinski definition) is 6. The maximum absolute atomic E-state index is 13.1. The fourth-order valence-electron chi connectivity index (χ4n) is 3.82. The highest BCUT2D eigenvalue weighted by Gasteiger charge is 2.30. The number of hydrazine groups is 1. The molecule has 12 heteroatoms. The summed E-state index contributed by atoms with van der Waals surface area (Å²) in [6.45, 7) is 5.12. The number of amides is 5. The van der Waals surface area contributed by atoms with Crippen LogP contribution in [0.4, 0.5) is 10.1 Å². The molecule has 5 amide bonds. The van der Waals surface area contributed by atoms with Crippen LogP contribution in [0.1, 0.15) is 52.0 Å². The Labute approximate surface area is 239 Å². The van der Waals surface area contributed by atoms with Crippen molar-refractivity contribution in [3.63, 3.8) is 0 Å². The molecule has 0 bridgehead atoms. The van der Waals surface area contributed by atoms with Crippen LogP contribution < -0.4 is 32.5 Å². The Bertz CT molecular complexity index is 1180. The molecule has 0 aliphatic heterocycles. The minimum Gasteiger partial charge on any atom is -0.370 e. The molecule has 11 nitrogen and oxygen atoms in total. The monoisotopic (exact) mass is 570 g/mol. The van der Waals surface area contributed by atoms with Gasteiger partial charge in [-0.05, 0) is 55.5 Å². The van der Waals surface area contributed by atoms with Gasteiger partial charge in [0.2, 0.25) is 23.6 Å². The molecule has 0 spiro atoms. The lowest BCUT2D eigenvalue weighted by atomic mass is 9.97. The van der Waals surface area contributed by atoms with Gasteiger partial charge < -0.3 is 21.7 Å². The van der Waals surface area contributed by atoms with E-state index in [-0.39, 0.29) is 36.9 Å². The van der Waals surface area contributed by atoms with E-state index in [4.69, 9.17) is 5.73 Å². The van der Waals surface area contributed by atoms with Crippen molar-refractivity contribution in [2.45, 2.75) is 71.0 Å². The molecule has 0 unspecified atom stereocenters. The number of carbonyl (C=O) groups excluding carboxylic acids is 5. The van der Waals surface area contributed by atoms with Crippen molar-refractivity contribution < 1.29 is 28.4 Å². The van der Waals surface area contributed by atoms with Crippen LogP contribution in [-0.4, -0.2) is 47.7 Å². The van der Waals surface area contributed by atoms with E-state index in [2.05, 4.69) is 26.8 Å². The summed E-state index contributed by atoms with van der Waals surface area (Å²) in [5.74, 6) is -3.42. The number of hydrogen-bond acceptors (Lipinski definition) is 6. The molecule has 7 N–H and O–H groups in total. The number of anilines is 1. The largest absolute Gasteiger partial charge is 0.370 e. The second-order valence-corrected chi connectivity index (χ2v) is 9.83. The van der Waals surface area contributed by atoms with Crippen molar-refractivity contribution in [3.05, 3.63) is 66.0 Å². The van der Waals surface area contributed by atoms with Gasteiger partial charge in [0.05, 0.1) is 5.69 Å². The Morgan fingerprint density at radius 1 is 0.829 bits per heavy atom. The Morgan fingerprint density at radius 2 is 1.49 bits per heavy atom. The number of carbonyl (C=O) groups is 5. The first kappa shape index (κ1) is 32.7. The lowest BCUT2D eigenvalue weighted by Gasteiger charge is -2.26. The first-order valence-corrected chi connectivity index (χ1v) is 13.5. The van der Waals surface area contributed by atoms with Crippen LogP contribution in [0.3, 0.4) is 0 Å². The lowest BCUT2D eigenvalue weighted by Crippen LogP contribution is -2.57. The molecular weight excluding hydrogens is 531 g/mol. The van der Waals surface area contributed by atoms with Crippen molar-refractivity contribution in [2.75, 3.05) is 5.43 Å². The Kier molecular flexibility index (Phi) is 13.2. The van der Waals surface area contributed by atoms with Gasteiger partial charge in [0.25, 0.3) is 5.91 Å². The predicted molar refractivity (Wildman–Crippen MR) is 152 cm³/mol. The number of nitrogens with two attached hydrogens (primary N) is 1. The van der Waals surface area contributed by atoms with Crippen LogP contribution in [0.2, 0.25) is 0 Å². The van der Waals surface area contributed by atoms with Crippen LogP contribution in [-0.2, 0) is 30.4 Å². The summed E-state index contributed by atoms with van der Waals surface area (Å²) in [6, 6.07) is 11.6. The van der Waals surface area contributed by atoms with Crippen LogP contribution in [0, 0.1) is 11.7 Å². The Hall–Kier alpha value is -4.48. The van der Waals surface area contributed by atoms with Gasteiger partial charge in [0, 0.05) is 12.8 Å². The average Bonchev–Trinajstić information content (AvgIpc) is 2.96. The topological polar surface area (TPSA) is 172 Å². The molecule has 222 valence electrons. The third-order valence-corrected chi connectivity index (χ3v) is 6.53. The van der Waals surface area contributed by atoms with E-state index in [9.17, 15) is 28.4 Å². The number of primary amides is 1. The molecule has 0 aromatic heterocycles. The number of halogens is 1. The summed E-state index contributed by atoms with van der Waals surface area (Å²) >= 11 is 0. The van der Waals surface area contributed by atoms with Crippen molar-refractivity contribution in [2.24, 2.45) is 11.7 Å². The zero-order valence-electron chi connectivity index (χ0n) is 23.5. The quantitative estimate of drug-likeness (QED) is 0.168. The van der Waals surface area contributed by atoms with E-state index < -0.39 is 41.8 Å². The summed E-state index contributed by atoms with van der Waals surface area (Å²) in [4.78, 5) is 62.7. The molecule has 4 atom stereocenters. The van der Waals surface area contributed by atoms with E-state index in [1.165, 1.54) is 19.1 Å². The van der Waals surface area contributed by atoms with E-state index in [1.54, 1.807) is 43.3 Å². The Morgan fingerprint density at radius 3 is 2.10 bits per heavy atom. The van der Waals surface area contributed by atoms with Crippen molar-refractivity contribution in [1.82, 2.24) is 21.4 Å². The highest BCUT2D eigenvalue weighted by Crippen LogP contribution is 2.11. The second kappa shape index (κ2) is 16.6. The molecular formula is C29H39FN6O5. The maximum Gasteiger partial charge on any atom is 0.260 e. The van der Waals surface area contributed by atoms with E-state index in [0.717, 1.165) is 5.56 Å². The van der Waals surface area contributed by atoms with Gasteiger partial charge >= 0.3 is 0 Å². The SMILES string of the molecule is CC[C@H](C)[C@H](NC(=O)CCc1ccc(F)cc1)C(=O)N[C@@H](C)C(=O)N[C@@H](CCC(N)=O)C(=O)NNc1ccccc1. The van der Waals surface area contributed by atoms with Crippen LogP contribution in [0.5, 0.6) is 0 Å². The minimum absolute atomic E-state index is 0.0519. The van der Waals surface area contributed by atoms with Gasteiger partial charge in [0.1, 0.15) is 23.9 Å². The molecule has 0 radical (unpaired) electrons. The van der Waals surface area contributed by atoms with Gasteiger partial charge in [-0.1, -0.05) is 50.6 Å². The van der Waals surface area contributed by atoms with Gasteiger partial charge in [-0.2, -0.15) is 0 Å². The summed E-state index contributed by atoms with van der Waals surface area (Å²) < 4.78 is 13.1. The van der Waals surface area contributed by atoms with Crippen molar-refractivity contribution in [1.29, 1.82) is 0 Å². The fraction of sp³-hybridized carbons (Fsp3) is 0.414. The van der Waals surface area contributed by atoms with E-state index >= 15 is 0 Å². The highest BCUT2D eigenvalue weighted by molar-refractivity contribution is 5.94. The third kappa shape index (κ3) is 11.7. The molecule has 0 aliphatic carbocycles. The smallest absolute Gasteiger partial charge is 0.260 e. The first-order chi connectivity index (χ1) is 19.5. The molecule has 2 aromatic carbocycles. The normalized spacial score (nSPS) is 13.6. The van der Waals surface area contributed by atoms with E-state index in [1.807, 2.05) is 13.0 Å². The van der Waals surface area contributed by atoms with Crippen LogP contribution >= 0.6 is 0 Å². The molecule has 0 aliphatic rings. The van der Waals surface area contributed by atoms with Gasteiger partial charge in [0.15, 0.2) is 0 Å². The van der Waals surface area contributed by atoms with Crippen molar-refractivity contribution in [3.8, 4) is 0 Å². The van der Waals surface area contributed by atoms with E-state index in [0.29, 0.717) is 18.5 Å². The summed E-state index contributed by atoms with van der Waals surface area (Å²) in [5.41, 5.74) is 11.8. The standard InChI is InChI=1S/C29H39FN6O5/c1-4-18(2)26(34-25(38)17-12-20-10-13-21(30)14-11-20)29(41)32-19(3)27(39)33-23(15-16-24(31)37)28(40)36-35-22-8-6-5-7-9-22/h5-11,13-14,18-19,23,26,35H,4,12,15-17H2,1-3H3,(H2,31,37)(H,32,41)(H,33,39)(H,34,38)(H,36,40)/t18-,19-,23-,26-/m0/s1. The first-order valence-electron chi connectivity index (χ1n) is 13.5. The second-order valence-electron chi connectivity index (χ2n) is 9.83. The van der Waals surface area contributed by atoms with Crippen molar-refractivity contribution >= 4 is 35.2 Å². The number of benzene rings is 2. The summed E-state index contributed by atoms with van der Waals surface area (Å²) in [7, 11) is 0. The van der Waals surface area contributed by atoms with Gasteiger partial charge in [-0.25, -0.2) is 4.39 Å². The molecule has 0 heterocycles. The third-order valence-electron chi connectivity index (χ3n) is 6.53. The maximum atomic E-state index is 13.1. The zero-order valence-corrected chi connectivity index (χ0v) is 23.5. The number of rotatable bonds is 16. The minimum atomic E-state index is -1.11. The number of nitrogens with one attached hydrogen (secondary N) is 5. The van der Waals surface area contributed by atoms with Crippen LogP contribution in [0.25, 0.3) is 0 Å². The molecule has 41 heavy (non-hydrogen) atoms. The number of aryl methyl sites for hydroxylation is 1. The molecule has 0 fully saturated rings. The molecule has 0 saturated heterocycles. The Balaban J connectivity index is 1.97. The van der Waals surface area contributed by atoms with Gasteiger partial charge in [-0.15, -0.1) is 0 Å². The zero-order chi connectivity index (χ0) is 30.4. The fourth-order valence-corrected chi connectivity index (χ4v) is 3.82. The molecule has 2 aromatic rings. The lowest BCUT2D eigenvalue weighted by molar-refractivity contribution is -0.134. The predicted octanol–water partition coefficient (Wildman–Crippen LogP) is 1.69.